The molecular weight excluding hydrogens is 452 g/mol. The zero-order valence-corrected chi connectivity index (χ0v) is 16.9. The van der Waals surface area contributed by atoms with E-state index in [1.807, 2.05) is 18.2 Å². The third-order valence-corrected chi connectivity index (χ3v) is 6.34. The maximum absolute atomic E-state index is 12.3. The molecule has 0 aromatic heterocycles. The standard InChI is InChI=1S/C17H17BrN4O5S/c18-10-8-28-16-13(15(24)22(16)14(10)17(25)26)21-12(23)6-20-11(19)7-27-9-4-2-1-3-5-9/h1-5,13,16H,6-8H2,(H2,19,20)(H,21,23)(H,25,26)/t13?,16-/m0/s1. The zero-order valence-electron chi connectivity index (χ0n) is 14.5. The number of halogens is 1. The van der Waals surface area contributed by atoms with Gasteiger partial charge in [0.25, 0.3) is 5.91 Å². The van der Waals surface area contributed by atoms with Crippen molar-refractivity contribution in [2.24, 2.45) is 0 Å². The molecule has 148 valence electrons. The van der Waals surface area contributed by atoms with Crippen molar-refractivity contribution in [3.63, 3.8) is 0 Å². The minimum atomic E-state index is -1.19. The average Bonchev–Trinajstić information content (AvgIpc) is 2.69. The lowest BCUT2D eigenvalue weighted by Crippen LogP contribution is -2.70. The molecule has 2 aliphatic rings. The number of rotatable bonds is 7. The molecule has 1 aromatic rings. The van der Waals surface area contributed by atoms with Crippen LogP contribution in [-0.4, -0.2) is 63.9 Å². The van der Waals surface area contributed by atoms with Gasteiger partial charge in [0.2, 0.25) is 5.91 Å². The molecule has 1 unspecified atom stereocenters. The lowest BCUT2D eigenvalue weighted by molar-refractivity contribution is -0.150. The van der Waals surface area contributed by atoms with E-state index in [-0.39, 0.29) is 24.7 Å². The number of carboxylic acids is 1. The van der Waals surface area contributed by atoms with E-state index >= 15 is 0 Å². The Kier molecular flexibility index (Phi) is 6.25. The summed E-state index contributed by atoms with van der Waals surface area (Å²) in [7, 11) is 0. The molecule has 0 aliphatic carbocycles. The van der Waals surface area contributed by atoms with Crippen molar-refractivity contribution in [1.29, 1.82) is 5.41 Å². The van der Waals surface area contributed by atoms with E-state index in [2.05, 4.69) is 26.6 Å². The van der Waals surface area contributed by atoms with Gasteiger partial charge in [-0.3, -0.25) is 19.9 Å². The number of β-lactam (4-membered cyclic amide) rings is 1. The number of ether oxygens (including phenoxy) is 1. The summed E-state index contributed by atoms with van der Waals surface area (Å²) >= 11 is 4.54. The van der Waals surface area contributed by atoms with Gasteiger partial charge in [0, 0.05) is 10.2 Å². The molecule has 2 amide bonds. The van der Waals surface area contributed by atoms with Gasteiger partial charge >= 0.3 is 5.97 Å². The van der Waals surface area contributed by atoms with Crippen LogP contribution < -0.4 is 15.4 Å². The quantitative estimate of drug-likeness (QED) is 0.263. The molecule has 9 nitrogen and oxygen atoms in total. The van der Waals surface area contributed by atoms with Gasteiger partial charge < -0.3 is 20.5 Å². The van der Waals surface area contributed by atoms with E-state index in [1.165, 1.54) is 16.7 Å². The third-order valence-electron chi connectivity index (χ3n) is 4.03. The number of para-hydroxylation sites is 1. The number of benzene rings is 1. The highest BCUT2D eigenvalue weighted by Crippen LogP contribution is 2.41. The number of amidine groups is 1. The normalized spacial score (nSPS) is 20.8. The summed E-state index contributed by atoms with van der Waals surface area (Å²) in [5.74, 6) is -1.09. The number of fused-ring (bicyclic) bond motifs is 1. The van der Waals surface area contributed by atoms with Crippen LogP contribution in [0.1, 0.15) is 0 Å². The molecule has 0 spiro atoms. The summed E-state index contributed by atoms with van der Waals surface area (Å²) in [5, 5.41) is 21.8. The molecule has 11 heteroatoms. The van der Waals surface area contributed by atoms with E-state index in [0.717, 1.165) is 0 Å². The highest BCUT2D eigenvalue weighted by Gasteiger charge is 2.53. The molecule has 2 atom stereocenters. The molecule has 28 heavy (non-hydrogen) atoms. The summed E-state index contributed by atoms with van der Waals surface area (Å²) in [6.07, 6.45) is 0. The Hall–Kier alpha value is -2.53. The van der Waals surface area contributed by atoms with Gasteiger partial charge in [0.15, 0.2) is 0 Å². The first-order valence-corrected chi connectivity index (χ1v) is 10.1. The van der Waals surface area contributed by atoms with Crippen LogP contribution >= 0.6 is 27.7 Å². The Bertz CT molecular complexity index is 847. The monoisotopic (exact) mass is 468 g/mol. The number of aliphatic carboxylic acids is 1. The van der Waals surface area contributed by atoms with Gasteiger partial charge in [0.05, 0.1) is 6.54 Å². The molecule has 1 saturated heterocycles. The lowest BCUT2D eigenvalue weighted by Gasteiger charge is -2.48. The van der Waals surface area contributed by atoms with E-state index in [1.54, 1.807) is 12.1 Å². The Labute approximate surface area is 173 Å². The Morgan fingerprint density at radius 2 is 2.07 bits per heavy atom. The van der Waals surface area contributed by atoms with E-state index < -0.39 is 29.2 Å². The second kappa shape index (κ2) is 8.65. The number of carboxylic acid groups (broad SMARTS) is 1. The Balaban J connectivity index is 1.45. The third kappa shape index (κ3) is 4.30. The molecule has 0 bridgehead atoms. The number of nitrogens with zero attached hydrogens (tertiary/aromatic N) is 1. The number of carbonyl (C=O) groups excluding carboxylic acids is 2. The highest BCUT2D eigenvalue weighted by atomic mass is 79.9. The molecule has 2 aliphatic heterocycles. The van der Waals surface area contributed by atoms with Crippen molar-refractivity contribution in [2.45, 2.75) is 11.4 Å². The van der Waals surface area contributed by atoms with Crippen LogP contribution in [0.3, 0.4) is 0 Å². The molecule has 0 saturated carbocycles. The van der Waals surface area contributed by atoms with Gasteiger partial charge in [-0.25, -0.2) is 4.79 Å². The maximum Gasteiger partial charge on any atom is 0.353 e. The van der Waals surface area contributed by atoms with Crippen LogP contribution in [0.4, 0.5) is 0 Å². The van der Waals surface area contributed by atoms with Crippen LogP contribution in [-0.2, 0) is 14.4 Å². The fourth-order valence-corrected chi connectivity index (χ4v) is 4.66. The van der Waals surface area contributed by atoms with E-state index in [0.29, 0.717) is 16.0 Å². The van der Waals surface area contributed by atoms with Crippen molar-refractivity contribution in [3.05, 3.63) is 40.5 Å². The minimum absolute atomic E-state index is 0.0210. The Morgan fingerprint density at radius 3 is 2.75 bits per heavy atom. The van der Waals surface area contributed by atoms with Crippen molar-refractivity contribution in [3.8, 4) is 5.75 Å². The Morgan fingerprint density at radius 1 is 1.36 bits per heavy atom. The van der Waals surface area contributed by atoms with Crippen LogP contribution in [0.25, 0.3) is 0 Å². The number of carbonyl (C=O) groups is 3. The van der Waals surface area contributed by atoms with Crippen molar-refractivity contribution >= 4 is 51.3 Å². The van der Waals surface area contributed by atoms with Gasteiger partial charge in [-0.2, -0.15) is 0 Å². The fraction of sp³-hybridized carbons (Fsp3) is 0.294. The van der Waals surface area contributed by atoms with Gasteiger partial charge in [-0.15, -0.1) is 11.8 Å². The van der Waals surface area contributed by atoms with Crippen LogP contribution in [0.2, 0.25) is 0 Å². The predicted molar refractivity (Wildman–Crippen MR) is 106 cm³/mol. The first kappa shape index (κ1) is 20.2. The van der Waals surface area contributed by atoms with Gasteiger partial charge in [-0.1, -0.05) is 34.1 Å². The second-order valence-electron chi connectivity index (χ2n) is 5.95. The average molecular weight is 469 g/mol. The largest absolute Gasteiger partial charge is 0.486 e. The highest BCUT2D eigenvalue weighted by molar-refractivity contribution is 9.11. The predicted octanol–water partition coefficient (Wildman–Crippen LogP) is 0.723. The number of thioether (sulfide) groups is 1. The number of nitrogens with one attached hydrogen (secondary N) is 3. The summed E-state index contributed by atoms with van der Waals surface area (Å²) in [4.78, 5) is 36.9. The van der Waals surface area contributed by atoms with Crippen LogP contribution in [0.5, 0.6) is 5.75 Å². The van der Waals surface area contributed by atoms with E-state index in [4.69, 9.17) is 10.1 Å². The lowest BCUT2D eigenvalue weighted by atomic mass is 10.1. The summed E-state index contributed by atoms with van der Waals surface area (Å²) in [6.45, 7) is -0.212. The van der Waals surface area contributed by atoms with Crippen molar-refractivity contribution in [1.82, 2.24) is 15.5 Å². The molecule has 2 heterocycles. The number of hydrogen-bond donors (Lipinski definition) is 4. The summed E-state index contributed by atoms with van der Waals surface area (Å²) < 4.78 is 5.84. The topological polar surface area (TPSA) is 132 Å². The molecule has 1 aromatic carbocycles. The van der Waals surface area contributed by atoms with Crippen molar-refractivity contribution in [2.75, 3.05) is 18.9 Å². The number of hydrogen-bond acceptors (Lipinski definition) is 6. The van der Waals surface area contributed by atoms with Crippen LogP contribution in [0, 0.1) is 5.41 Å². The molecule has 4 N–H and O–H groups in total. The summed E-state index contributed by atoms with van der Waals surface area (Å²) in [6, 6.07) is 8.20. The number of amides is 2. The zero-order chi connectivity index (χ0) is 20.3. The molecule has 3 rings (SSSR count). The first-order valence-electron chi connectivity index (χ1n) is 8.23. The molecule has 1 fully saturated rings. The van der Waals surface area contributed by atoms with Gasteiger partial charge in [0.1, 0.15) is 35.3 Å². The van der Waals surface area contributed by atoms with Gasteiger partial charge in [-0.05, 0) is 12.1 Å². The summed E-state index contributed by atoms with van der Waals surface area (Å²) in [5.41, 5.74) is -0.0859. The maximum atomic E-state index is 12.3. The SMILES string of the molecule is N=C(COc1ccccc1)NCC(=O)NC1C(=O)N2C(C(=O)O)=C(Br)CS[C@@H]12. The smallest absolute Gasteiger partial charge is 0.353 e. The van der Waals surface area contributed by atoms with Crippen molar-refractivity contribution < 1.29 is 24.2 Å². The van der Waals surface area contributed by atoms with E-state index in [9.17, 15) is 19.5 Å². The minimum Gasteiger partial charge on any atom is -0.486 e. The second-order valence-corrected chi connectivity index (χ2v) is 8.01. The molecular formula is C17H17BrN4O5S. The first-order chi connectivity index (χ1) is 13.4. The molecule has 0 radical (unpaired) electrons. The van der Waals surface area contributed by atoms with Crippen LogP contribution in [0.15, 0.2) is 40.5 Å². The fourth-order valence-electron chi connectivity index (χ4n) is 2.72.